The van der Waals surface area contributed by atoms with Crippen molar-refractivity contribution in [3.8, 4) is 5.69 Å². The summed E-state index contributed by atoms with van der Waals surface area (Å²) in [7, 11) is 0. The number of aryl methyl sites for hydroxylation is 1. The number of likely N-dealkylation sites (tertiary alicyclic amines) is 2. The number of carbonyl (C=O) groups is 2. The van der Waals surface area contributed by atoms with Crippen molar-refractivity contribution >= 4 is 35.0 Å². The van der Waals surface area contributed by atoms with Gasteiger partial charge in [-0.1, -0.05) is 30.1 Å². The second-order valence-electron chi connectivity index (χ2n) is 9.50. The molecule has 0 saturated carbocycles. The van der Waals surface area contributed by atoms with Crippen LogP contribution in [0.25, 0.3) is 5.69 Å². The number of halogens is 2. The quantitative estimate of drug-likeness (QED) is 0.616. The Morgan fingerprint density at radius 3 is 2.24 bits per heavy atom. The molecule has 1 aromatic carbocycles. The van der Waals surface area contributed by atoms with Crippen LogP contribution >= 0.6 is 23.2 Å². The lowest BCUT2D eigenvalue weighted by Gasteiger charge is -2.36. The van der Waals surface area contributed by atoms with Gasteiger partial charge in [-0.25, -0.2) is 4.68 Å². The molecule has 178 valence electrons. The molecule has 33 heavy (non-hydrogen) atoms. The SMILES string of the molecule is Cc1nn(-c2ccc(Cl)c(Cl)c2)c(C)c1CC(=O)N1CCC(C(=O)N2CCC(C)CC2)CC1. The van der Waals surface area contributed by atoms with Gasteiger partial charge in [0.2, 0.25) is 11.8 Å². The van der Waals surface area contributed by atoms with Crippen LogP contribution in [-0.4, -0.2) is 57.6 Å². The summed E-state index contributed by atoms with van der Waals surface area (Å²) in [6.45, 7) is 9.17. The number of hydrogen-bond donors (Lipinski definition) is 0. The lowest BCUT2D eigenvalue weighted by atomic mass is 9.92. The Hall–Kier alpha value is -2.05. The first kappa shape index (κ1) is 24.1. The van der Waals surface area contributed by atoms with Crippen LogP contribution < -0.4 is 0 Å². The molecule has 2 fully saturated rings. The lowest BCUT2D eigenvalue weighted by Crippen LogP contribution is -2.46. The summed E-state index contributed by atoms with van der Waals surface area (Å²) in [6, 6.07) is 5.39. The van der Waals surface area contributed by atoms with E-state index in [-0.39, 0.29) is 17.7 Å². The van der Waals surface area contributed by atoms with Crippen molar-refractivity contribution < 1.29 is 9.59 Å². The minimum Gasteiger partial charge on any atom is -0.342 e. The number of rotatable bonds is 4. The maximum absolute atomic E-state index is 13.1. The average Bonchev–Trinajstić information content (AvgIpc) is 3.09. The molecule has 1 aromatic heterocycles. The van der Waals surface area contributed by atoms with Crippen LogP contribution in [-0.2, 0) is 16.0 Å². The van der Waals surface area contributed by atoms with Crippen LogP contribution in [0, 0.1) is 25.7 Å². The van der Waals surface area contributed by atoms with E-state index in [1.54, 1.807) is 12.1 Å². The van der Waals surface area contributed by atoms with E-state index < -0.39 is 0 Å². The number of aromatic nitrogens is 2. The minimum atomic E-state index is 0.0448. The van der Waals surface area contributed by atoms with Gasteiger partial charge in [0, 0.05) is 43.4 Å². The Morgan fingerprint density at radius 2 is 1.61 bits per heavy atom. The lowest BCUT2D eigenvalue weighted by molar-refractivity contribution is -0.141. The molecule has 0 aliphatic carbocycles. The molecule has 0 N–H and O–H groups in total. The molecule has 4 rings (SSSR count). The van der Waals surface area contributed by atoms with Gasteiger partial charge in [-0.2, -0.15) is 5.10 Å². The largest absolute Gasteiger partial charge is 0.342 e. The highest BCUT2D eigenvalue weighted by molar-refractivity contribution is 6.42. The van der Waals surface area contributed by atoms with Crippen molar-refractivity contribution in [1.82, 2.24) is 19.6 Å². The van der Waals surface area contributed by atoms with Gasteiger partial charge in [-0.15, -0.1) is 0 Å². The van der Waals surface area contributed by atoms with E-state index in [1.165, 1.54) is 0 Å². The molecule has 6 nitrogen and oxygen atoms in total. The fourth-order valence-corrected chi connectivity index (χ4v) is 5.22. The van der Waals surface area contributed by atoms with Crippen molar-refractivity contribution in [2.75, 3.05) is 26.2 Å². The Bertz CT molecular complexity index is 1040. The molecular weight excluding hydrogens is 459 g/mol. The first-order valence-corrected chi connectivity index (χ1v) is 12.6. The molecule has 3 heterocycles. The van der Waals surface area contributed by atoms with E-state index in [0.717, 1.165) is 61.4 Å². The summed E-state index contributed by atoms with van der Waals surface area (Å²) < 4.78 is 1.81. The molecule has 2 amide bonds. The zero-order valence-corrected chi connectivity index (χ0v) is 21.1. The van der Waals surface area contributed by atoms with E-state index in [4.69, 9.17) is 23.2 Å². The number of hydrogen-bond acceptors (Lipinski definition) is 3. The van der Waals surface area contributed by atoms with Crippen LogP contribution in [0.5, 0.6) is 0 Å². The zero-order valence-electron chi connectivity index (χ0n) is 19.6. The maximum Gasteiger partial charge on any atom is 0.227 e. The highest BCUT2D eigenvalue weighted by Crippen LogP contribution is 2.27. The van der Waals surface area contributed by atoms with Gasteiger partial charge < -0.3 is 9.80 Å². The smallest absolute Gasteiger partial charge is 0.227 e. The number of nitrogens with zero attached hydrogens (tertiary/aromatic N) is 4. The number of benzene rings is 1. The molecule has 2 aliphatic heterocycles. The monoisotopic (exact) mass is 490 g/mol. The van der Waals surface area contributed by atoms with Gasteiger partial charge in [-0.05, 0) is 63.6 Å². The summed E-state index contributed by atoms with van der Waals surface area (Å²) in [5.74, 6) is 1.13. The molecular formula is C25H32Cl2N4O2. The van der Waals surface area contributed by atoms with Crippen LogP contribution in [0.2, 0.25) is 10.0 Å². The van der Waals surface area contributed by atoms with Crippen LogP contribution in [0.1, 0.15) is 49.6 Å². The second-order valence-corrected chi connectivity index (χ2v) is 10.3. The van der Waals surface area contributed by atoms with E-state index in [1.807, 2.05) is 34.4 Å². The zero-order chi connectivity index (χ0) is 23.7. The molecule has 2 saturated heterocycles. The Balaban J connectivity index is 1.37. The summed E-state index contributed by atoms with van der Waals surface area (Å²) in [5, 5.41) is 5.60. The Morgan fingerprint density at radius 1 is 0.970 bits per heavy atom. The van der Waals surface area contributed by atoms with Crippen LogP contribution in [0.3, 0.4) is 0 Å². The topological polar surface area (TPSA) is 58.4 Å². The number of amides is 2. The average molecular weight is 491 g/mol. The van der Waals surface area contributed by atoms with Crippen molar-refractivity contribution in [2.45, 2.75) is 52.9 Å². The predicted molar refractivity (Wildman–Crippen MR) is 131 cm³/mol. The highest BCUT2D eigenvalue weighted by Gasteiger charge is 2.32. The third kappa shape index (κ3) is 5.22. The molecule has 2 aliphatic rings. The Kier molecular flexibility index (Phi) is 7.34. The van der Waals surface area contributed by atoms with Crippen LogP contribution in [0.15, 0.2) is 18.2 Å². The molecule has 0 bridgehead atoms. The van der Waals surface area contributed by atoms with Crippen LogP contribution in [0.4, 0.5) is 0 Å². The third-order valence-electron chi connectivity index (χ3n) is 7.21. The molecule has 0 unspecified atom stereocenters. The van der Waals surface area contributed by atoms with Gasteiger partial charge in [0.15, 0.2) is 0 Å². The molecule has 8 heteroatoms. The first-order chi connectivity index (χ1) is 15.7. The van der Waals surface area contributed by atoms with Crippen molar-refractivity contribution in [3.05, 3.63) is 45.2 Å². The normalized spacial score (nSPS) is 18.1. The molecule has 0 atom stereocenters. The number of piperidine rings is 2. The van der Waals surface area contributed by atoms with Crippen molar-refractivity contribution in [1.29, 1.82) is 0 Å². The van der Waals surface area contributed by atoms with Gasteiger partial charge >= 0.3 is 0 Å². The molecule has 2 aromatic rings. The minimum absolute atomic E-state index is 0.0448. The highest BCUT2D eigenvalue weighted by atomic mass is 35.5. The van der Waals surface area contributed by atoms with E-state index in [9.17, 15) is 9.59 Å². The third-order valence-corrected chi connectivity index (χ3v) is 7.95. The predicted octanol–water partition coefficient (Wildman–Crippen LogP) is 4.84. The Labute approximate surface area is 205 Å². The van der Waals surface area contributed by atoms with Gasteiger partial charge in [0.05, 0.1) is 27.8 Å². The van der Waals surface area contributed by atoms with Gasteiger partial charge in [0.1, 0.15) is 0 Å². The fraction of sp³-hybridized carbons (Fsp3) is 0.560. The van der Waals surface area contributed by atoms with Crippen molar-refractivity contribution in [3.63, 3.8) is 0 Å². The standard InChI is InChI=1S/C25H32Cl2N4O2/c1-16-6-10-30(11-7-16)25(33)19-8-12-29(13-9-19)24(32)15-21-17(2)28-31(18(21)3)20-4-5-22(26)23(27)14-20/h4-5,14,16,19H,6-13,15H2,1-3H3. The van der Waals surface area contributed by atoms with E-state index in [2.05, 4.69) is 12.0 Å². The summed E-state index contributed by atoms with van der Waals surface area (Å²) in [6.07, 6.45) is 3.99. The van der Waals surface area contributed by atoms with Gasteiger partial charge in [-0.3, -0.25) is 9.59 Å². The van der Waals surface area contributed by atoms with Gasteiger partial charge in [0.25, 0.3) is 0 Å². The summed E-state index contributed by atoms with van der Waals surface area (Å²) >= 11 is 12.2. The van der Waals surface area contributed by atoms with E-state index >= 15 is 0 Å². The molecule has 0 radical (unpaired) electrons. The molecule has 0 spiro atoms. The van der Waals surface area contributed by atoms with E-state index in [0.29, 0.717) is 35.5 Å². The summed E-state index contributed by atoms with van der Waals surface area (Å²) in [5.41, 5.74) is 3.50. The second kappa shape index (κ2) is 10.1. The maximum atomic E-state index is 13.1. The first-order valence-electron chi connectivity index (χ1n) is 11.8. The van der Waals surface area contributed by atoms with Crippen molar-refractivity contribution in [2.24, 2.45) is 11.8 Å². The summed E-state index contributed by atoms with van der Waals surface area (Å²) in [4.78, 5) is 29.9. The number of carbonyl (C=O) groups excluding carboxylic acids is 2. The fourth-order valence-electron chi connectivity index (χ4n) is 4.93.